The van der Waals surface area contributed by atoms with Gasteiger partial charge >= 0.3 is 12.2 Å². The highest BCUT2D eigenvalue weighted by atomic mass is 32.2. The molecule has 0 aromatic heterocycles. The lowest BCUT2D eigenvalue weighted by molar-refractivity contribution is -0.385. The predicted molar refractivity (Wildman–Crippen MR) is 139 cm³/mol. The smallest absolute Gasteiger partial charge is 0.434 e. The fourth-order valence-electron chi connectivity index (χ4n) is 4.13. The third kappa shape index (κ3) is 9.66. The molecule has 1 aliphatic heterocycles. The molecule has 17 heteroatoms. The van der Waals surface area contributed by atoms with Gasteiger partial charge in [-0.05, 0) is 54.7 Å². The van der Waals surface area contributed by atoms with E-state index in [9.17, 15) is 43.4 Å². The lowest BCUT2D eigenvalue weighted by Crippen LogP contribution is -2.37. The van der Waals surface area contributed by atoms with E-state index < -0.39 is 44.3 Å². The third-order valence-corrected chi connectivity index (χ3v) is 6.68. The van der Waals surface area contributed by atoms with Crippen LogP contribution < -0.4 is 0 Å². The zero-order valence-corrected chi connectivity index (χ0v) is 22.7. The first-order valence-corrected chi connectivity index (χ1v) is 14.1. The molecule has 1 aliphatic rings. The van der Waals surface area contributed by atoms with E-state index in [0.29, 0.717) is 16.2 Å². The minimum atomic E-state index is -3.80. The van der Waals surface area contributed by atoms with Gasteiger partial charge < -0.3 is 14.4 Å². The Morgan fingerprint density at radius 3 is 1.98 bits per heavy atom. The summed E-state index contributed by atoms with van der Waals surface area (Å²) in [6.45, 7) is -0.645. The van der Waals surface area contributed by atoms with Crippen molar-refractivity contribution in [2.24, 2.45) is 0 Å². The molecule has 2 aromatic rings. The second kappa shape index (κ2) is 13.8. The highest BCUT2D eigenvalue weighted by molar-refractivity contribution is 7.86. The fraction of sp³-hybridized carbons (Fsp3) is 0.417. The third-order valence-electron chi connectivity index (χ3n) is 6.06. The molecule has 3 rings (SSSR count). The summed E-state index contributed by atoms with van der Waals surface area (Å²) < 4.78 is 38.6. The average molecular weight is 597 g/mol. The van der Waals surface area contributed by atoms with Crippen molar-refractivity contribution < 1.29 is 46.7 Å². The van der Waals surface area contributed by atoms with Gasteiger partial charge in [0.1, 0.15) is 13.2 Å². The summed E-state index contributed by atoms with van der Waals surface area (Å²) in [4.78, 5) is 46.6. The van der Waals surface area contributed by atoms with Gasteiger partial charge in [-0.25, -0.2) is 9.59 Å². The average Bonchev–Trinajstić information content (AvgIpc) is 3.31. The van der Waals surface area contributed by atoms with Gasteiger partial charge in [-0.3, -0.25) is 29.6 Å². The number of rotatable bonds is 12. The topological polar surface area (TPSA) is 209 Å². The normalized spacial score (nSPS) is 16.7. The molecular weight excluding hydrogens is 568 g/mol. The van der Waals surface area contributed by atoms with Crippen molar-refractivity contribution in [3.8, 4) is 0 Å². The Labute approximate surface area is 234 Å². The zero-order valence-electron chi connectivity index (χ0n) is 21.9. The standard InChI is InChI=1S/C24H28N4O12S/c1-41(36,37)40-22-13-21(25(14-22)23(29)38-15-17-4-8-19(9-5-17)27(32)33)3-2-12-26(31)24(30)39-16-18-6-10-20(11-7-18)28(34)35/h4-11,21-22,31H,2-3,12-16H2,1H3. The minimum Gasteiger partial charge on any atom is -0.445 e. The highest BCUT2D eigenvalue weighted by Crippen LogP contribution is 2.26. The number of non-ortho nitro benzene ring substituents is 2. The number of nitro groups is 2. The number of carbonyl (C=O) groups is 2. The Morgan fingerprint density at radius 1 is 0.976 bits per heavy atom. The number of ether oxygens (including phenoxy) is 2. The lowest BCUT2D eigenvalue weighted by Gasteiger charge is -2.24. The Morgan fingerprint density at radius 2 is 1.49 bits per heavy atom. The van der Waals surface area contributed by atoms with Crippen LogP contribution in [0, 0.1) is 20.2 Å². The maximum atomic E-state index is 12.8. The summed E-state index contributed by atoms with van der Waals surface area (Å²) in [5.74, 6) is 0. The number of carbonyl (C=O) groups excluding carboxylic acids is 2. The van der Waals surface area contributed by atoms with Crippen LogP contribution >= 0.6 is 0 Å². The summed E-state index contributed by atoms with van der Waals surface area (Å²) in [7, 11) is -3.80. The number of hydroxylamine groups is 2. The molecule has 0 radical (unpaired) electrons. The molecule has 222 valence electrons. The zero-order chi connectivity index (χ0) is 30.2. The first kappa shape index (κ1) is 31.2. The molecule has 1 heterocycles. The summed E-state index contributed by atoms with van der Waals surface area (Å²) >= 11 is 0. The SMILES string of the molecule is CS(=O)(=O)OC1CC(CCCN(O)C(=O)OCc2ccc([N+](=O)[O-])cc2)N(C(=O)OCc2ccc([N+](=O)[O-])cc2)C1. The number of hydrogen-bond donors (Lipinski definition) is 1. The molecule has 2 unspecified atom stereocenters. The van der Waals surface area contributed by atoms with Gasteiger partial charge in [0.25, 0.3) is 21.5 Å². The first-order chi connectivity index (χ1) is 19.3. The van der Waals surface area contributed by atoms with Crippen molar-refractivity contribution >= 4 is 33.7 Å². The predicted octanol–water partition coefficient (Wildman–Crippen LogP) is 3.37. The molecule has 16 nitrogen and oxygen atoms in total. The van der Waals surface area contributed by atoms with Crippen molar-refractivity contribution in [1.29, 1.82) is 0 Å². The highest BCUT2D eigenvalue weighted by Gasteiger charge is 2.38. The van der Waals surface area contributed by atoms with Crippen LogP contribution in [0.5, 0.6) is 0 Å². The van der Waals surface area contributed by atoms with Crippen LogP contribution in [0.4, 0.5) is 21.0 Å². The largest absolute Gasteiger partial charge is 0.445 e. The molecule has 0 bridgehead atoms. The number of amides is 2. The van der Waals surface area contributed by atoms with E-state index in [0.717, 1.165) is 6.26 Å². The van der Waals surface area contributed by atoms with E-state index >= 15 is 0 Å². The van der Waals surface area contributed by atoms with Crippen LogP contribution in [0.2, 0.25) is 0 Å². The number of nitrogens with zero attached hydrogens (tertiary/aromatic N) is 4. The summed E-state index contributed by atoms with van der Waals surface area (Å²) in [6.07, 6.45) is -1.11. The molecule has 2 atom stereocenters. The van der Waals surface area contributed by atoms with Crippen LogP contribution in [0.1, 0.15) is 30.4 Å². The van der Waals surface area contributed by atoms with E-state index in [1.54, 1.807) is 0 Å². The lowest BCUT2D eigenvalue weighted by atomic mass is 10.1. The van der Waals surface area contributed by atoms with Crippen LogP contribution in [0.25, 0.3) is 0 Å². The molecular formula is C24H28N4O12S. The molecule has 1 saturated heterocycles. The Kier molecular flexibility index (Phi) is 10.5. The first-order valence-electron chi connectivity index (χ1n) is 12.2. The Balaban J connectivity index is 1.51. The van der Waals surface area contributed by atoms with Crippen molar-refractivity contribution in [3.05, 3.63) is 79.9 Å². The van der Waals surface area contributed by atoms with E-state index in [4.69, 9.17) is 13.7 Å². The minimum absolute atomic E-state index is 0.0725. The Hall–Kier alpha value is -4.35. The maximum absolute atomic E-state index is 12.8. The molecule has 41 heavy (non-hydrogen) atoms. The van der Waals surface area contributed by atoms with E-state index in [-0.39, 0.29) is 56.9 Å². The summed E-state index contributed by atoms with van der Waals surface area (Å²) in [6, 6.07) is 10.2. The molecule has 1 fully saturated rings. The molecule has 2 aromatic carbocycles. The van der Waals surface area contributed by atoms with Gasteiger partial charge in [-0.1, -0.05) is 0 Å². The van der Waals surface area contributed by atoms with Gasteiger partial charge in [0, 0.05) is 30.3 Å². The van der Waals surface area contributed by atoms with E-state index in [1.165, 1.54) is 53.4 Å². The van der Waals surface area contributed by atoms with Crippen molar-refractivity contribution in [2.45, 2.75) is 44.6 Å². The summed E-state index contributed by atoms with van der Waals surface area (Å²) in [5.41, 5.74) is 0.743. The second-order valence-electron chi connectivity index (χ2n) is 9.19. The van der Waals surface area contributed by atoms with Crippen LogP contribution in [-0.4, -0.2) is 77.1 Å². The quantitative estimate of drug-likeness (QED) is 0.162. The summed E-state index contributed by atoms with van der Waals surface area (Å²) in [5, 5.41) is 31.9. The van der Waals surface area contributed by atoms with E-state index in [1.807, 2.05) is 0 Å². The number of nitro benzene ring substituents is 2. The van der Waals surface area contributed by atoms with Crippen molar-refractivity contribution in [1.82, 2.24) is 9.96 Å². The molecule has 2 amide bonds. The van der Waals surface area contributed by atoms with Gasteiger partial charge in [-0.15, -0.1) is 0 Å². The van der Waals surface area contributed by atoms with Crippen LogP contribution in [0.15, 0.2) is 48.5 Å². The van der Waals surface area contributed by atoms with Gasteiger partial charge in [0.15, 0.2) is 0 Å². The second-order valence-corrected chi connectivity index (χ2v) is 10.8. The molecule has 0 saturated carbocycles. The van der Waals surface area contributed by atoms with Crippen molar-refractivity contribution in [2.75, 3.05) is 19.3 Å². The molecule has 0 aliphatic carbocycles. The van der Waals surface area contributed by atoms with Crippen LogP contribution in [-0.2, 0) is 37.0 Å². The number of likely N-dealkylation sites (tertiary alicyclic amines) is 1. The molecule has 0 spiro atoms. The fourth-order valence-corrected chi connectivity index (χ4v) is 4.77. The van der Waals surface area contributed by atoms with Gasteiger partial charge in [0.2, 0.25) is 0 Å². The van der Waals surface area contributed by atoms with Gasteiger partial charge in [-0.2, -0.15) is 13.5 Å². The number of benzene rings is 2. The monoisotopic (exact) mass is 596 g/mol. The van der Waals surface area contributed by atoms with Gasteiger partial charge in [0.05, 0.1) is 35.3 Å². The maximum Gasteiger partial charge on any atom is 0.434 e. The van der Waals surface area contributed by atoms with Crippen LogP contribution in [0.3, 0.4) is 0 Å². The Bertz CT molecular complexity index is 1350. The van der Waals surface area contributed by atoms with Crippen molar-refractivity contribution in [3.63, 3.8) is 0 Å². The number of hydrogen-bond acceptors (Lipinski definition) is 12. The van der Waals surface area contributed by atoms with E-state index in [2.05, 4.69) is 0 Å². The molecule has 1 N–H and O–H groups in total.